The second-order valence-corrected chi connectivity index (χ2v) is 9.64. The van der Waals surface area contributed by atoms with Crippen molar-refractivity contribution in [2.75, 3.05) is 4.72 Å². The van der Waals surface area contributed by atoms with E-state index in [2.05, 4.69) is 5.16 Å². The number of hydrogen-bond donors (Lipinski definition) is 1. The first-order chi connectivity index (χ1) is 14.6. The first-order valence-electron chi connectivity index (χ1n) is 9.46. The molecule has 0 radical (unpaired) electrons. The van der Waals surface area contributed by atoms with E-state index in [1.54, 1.807) is 29.0 Å². The lowest BCUT2D eigenvalue weighted by atomic mass is 9.83. The number of oxime groups is 1. The molecule has 168 valence electrons. The minimum atomic E-state index is -5.63. The van der Waals surface area contributed by atoms with Crippen LogP contribution in [0.25, 0.3) is 0 Å². The maximum Gasteiger partial charge on any atom is 0.516 e. The van der Waals surface area contributed by atoms with Gasteiger partial charge in [-0.2, -0.15) is 21.6 Å². The van der Waals surface area contributed by atoms with Crippen molar-refractivity contribution < 1.29 is 26.4 Å². The summed E-state index contributed by atoms with van der Waals surface area (Å²) in [7, 11) is -5.63. The molecule has 0 amide bonds. The molecule has 0 heterocycles. The highest BCUT2D eigenvalue weighted by Gasteiger charge is 2.46. The molecule has 0 spiro atoms. The second kappa shape index (κ2) is 9.67. The summed E-state index contributed by atoms with van der Waals surface area (Å²) in [6.45, 7) is 0. The van der Waals surface area contributed by atoms with Gasteiger partial charge in [0.25, 0.3) is 0 Å². The van der Waals surface area contributed by atoms with E-state index in [0.29, 0.717) is 16.5 Å². The zero-order valence-electron chi connectivity index (χ0n) is 16.1. The maximum absolute atomic E-state index is 12.9. The summed E-state index contributed by atoms with van der Waals surface area (Å²) in [4.78, 5) is 5.51. The van der Waals surface area contributed by atoms with Crippen LogP contribution in [0.1, 0.15) is 37.7 Å². The number of hydrogen-bond acceptors (Lipinski definition) is 4. The lowest BCUT2D eigenvalue weighted by Gasteiger charge is -2.25. The number of sulfonamides is 1. The van der Waals surface area contributed by atoms with Crippen molar-refractivity contribution in [1.29, 1.82) is 0 Å². The fourth-order valence-electron chi connectivity index (χ4n) is 3.34. The van der Waals surface area contributed by atoms with Crippen molar-refractivity contribution in [3.05, 3.63) is 58.1 Å². The van der Waals surface area contributed by atoms with Crippen LogP contribution in [0.3, 0.4) is 0 Å². The Kier molecular flexibility index (Phi) is 7.39. The van der Waals surface area contributed by atoms with Crippen molar-refractivity contribution in [3.63, 3.8) is 0 Å². The molecule has 1 saturated carbocycles. The molecule has 5 nitrogen and oxygen atoms in total. The molecular formula is C20H19Cl2F3N2O3S. The van der Waals surface area contributed by atoms with Gasteiger partial charge in [0.1, 0.15) is 0 Å². The summed E-state index contributed by atoms with van der Waals surface area (Å²) in [6.07, 6.45) is 4.33. The van der Waals surface area contributed by atoms with E-state index >= 15 is 0 Å². The van der Waals surface area contributed by atoms with E-state index in [0.717, 1.165) is 32.1 Å². The van der Waals surface area contributed by atoms with Crippen LogP contribution in [0.5, 0.6) is 5.75 Å². The molecule has 0 atom stereocenters. The van der Waals surface area contributed by atoms with Crippen molar-refractivity contribution in [2.24, 2.45) is 11.1 Å². The van der Waals surface area contributed by atoms with Gasteiger partial charge in [-0.05, 0) is 55.3 Å². The SMILES string of the molecule is O=S(=O)(Nc1ccc(Cl)cc1/C(=N/Oc1ccc(Cl)cc1)C1CCCCC1)C(F)(F)F. The molecule has 0 aliphatic heterocycles. The molecule has 1 aliphatic carbocycles. The predicted molar refractivity (Wildman–Crippen MR) is 115 cm³/mol. The third kappa shape index (κ3) is 6.05. The molecule has 0 unspecified atom stereocenters. The molecule has 1 N–H and O–H groups in total. The van der Waals surface area contributed by atoms with Crippen LogP contribution in [-0.2, 0) is 10.0 Å². The van der Waals surface area contributed by atoms with E-state index in [1.807, 2.05) is 0 Å². The minimum absolute atomic E-state index is 0.131. The number of nitrogens with zero attached hydrogens (tertiary/aromatic N) is 1. The number of rotatable bonds is 6. The number of nitrogens with one attached hydrogen (secondary N) is 1. The monoisotopic (exact) mass is 494 g/mol. The summed E-state index contributed by atoms with van der Waals surface area (Å²) in [5.74, 6) is 0.241. The largest absolute Gasteiger partial charge is 0.516 e. The van der Waals surface area contributed by atoms with Gasteiger partial charge in [-0.15, -0.1) is 0 Å². The van der Waals surface area contributed by atoms with Gasteiger partial charge in [0.15, 0.2) is 5.75 Å². The lowest BCUT2D eigenvalue weighted by molar-refractivity contribution is -0.0429. The van der Waals surface area contributed by atoms with Crippen LogP contribution in [0, 0.1) is 5.92 Å². The Morgan fingerprint density at radius 3 is 2.23 bits per heavy atom. The molecule has 0 aromatic heterocycles. The molecule has 1 fully saturated rings. The molecular weight excluding hydrogens is 476 g/mol. The summed E-state index contributed by atoms with van der Waals surface area (Å²) in [6, 6.07) is 10.3. The Balaban J connectivity index is 2.04. The van der Waals surface area contributed by atoms with E-state index in [-0.39, 0.29) is 22.2 Å². The highest BCUT2D eigenvalue weighted by Crippen LogP contribution is 2.34. The Morgan fingerprint density at radius 2 is 1.61 bits per heavy atom. The van der Waals surface area contributed by atoms with Gasteiger partial charge in [-0.25, -0.2) is 0 Å². The predicted octanol–water partition coefficient (Wildman–Crippen LogP) is 6.62. The zero-order chi connectivity index (χ0) is 22.6. The third-order valence-electron chi connectivity index (χ3n) is 4.86. The van der Waals surface area contributed by atoms with Crippen LogP contribution < -0.4 is 9.56 Å². The Hall–Kier alpha value is -1.97. The lowest BCUT2D eigenvalue weighted by Crippen LogP contribution is -2.31. The highest BCUT2D eigenvalue weighted by molar-refractivity contribution is 7.93. The van der Waals surface area contributed by atoms with Crippen molar-refractivity contribution >= 4 is 44.6 Å². The molecule has 0 saturated heterocycles. The molecule has 2 aromatic rings. The smallest absolute Gasteiger partial charge is 0.357 e. The van der Waals surface area contributed by atoms with Crippen LogP contribution in [0.15, 0.2) is 47.6 Å². The van der Waals surface area contributed by atoms with Crippen LogP contribution in [0.4, 0.5) is 18.9 Å². The fraction of sp³-hybridized carbons (Fsp3) is 0.350. The Bertz CT molecular complexity index is 1050. The molecule has 3 rings (SSSR count). The molecule has 1 aliphatic rings. The first kappa shape index (κ1) is 23.7. The number of alkyl halides is 3. The van der Waals surface area contributed by atoms with Crippen LogP contribution in [0.2, 0.25) is 10.0 Å². The molecule has 11 heteroatoms. The van der Waals surface area contributed by atoms with Gasteiger partial charge in [-0.1, -0.05) is 47.6 Å². The first-order valence-corrected chi connectivity index (χ1v) is 11.7. The average molecular weight is 495 g/mol. The van der Waals surface area contributed by atoms with Gasteiger partial charge in [0.05, 0.1) is 11.4 Å². The summed E-state index contributed by atoms with van der Waals surface area (Å²) in [5, 5.41) is 4.93. The number of anilines is 1. The summed E-state index contributed by atoms with van der Waals surface area (Å²) >= 11 is 12.0. The summed E-state index contributed by atoms with van der Waals surface area (Å²) in [5.41, 5.74) is -5.27. The van der Waals surface area contributed by atoms with E-state index < -0.39 is 15.5 Å². The Labute approximate surface area is 188 Å². The number of benzene rings is 2. The topological polar surface area (TPSA) is 67.8 Å². The normalized spacial score (nSPS) is 16.2. The van der Waals surface area contributed by atoms with E-state index in [1.165, 1.54) is 18.2 Å². The maximum atomic E-state index is 12.9. The Morgan fingerprint density at radius 1 is 1.00 bits per heavy atom. The molecule has 0 bridgehead atoms. The summed E-state index contributed by atoms with van der Waals surface area (Å²) < 4.78 is 63.9. The van der Waals surface area contributed by atoms with E-state index in [4.69, 9.17) is 28.0 Å². The standard InChI is InChI=1S/C20H19Cl2F3N2O3S/c21-14-6-9-16(10-7-14)30-26-19(13-4-2-1-3-5-13)17-12-15(22)8-11-18(17)27-31(28,29)20(23,24)25/h6-13,27H,1-5H2/b26-19+. The highest BCUT2D eigenvalue weighted by atomic mass is 35.5. The second-order valence-electron chi connectivity index (χ2n) is 7.10. The van der Waals surface area contributed by atoms with Gasteiger partial charge in [0, 0.05) is 21.5 Å². The van der Waals surface area contributed by atoms with Crippen molar-refractivity contribution in [3.8, 4) is 5.75 Å². The van der Waals surface area contributed by atoms with Gasteiger partial charge in [-0.3, -0.25) is 4.72 Å². The average Bonchev–Trinajstić information content (AvgIpc) is 2.71. The van der Waals surface area contributed by atoms with Gasteiger partial charge >= 0.3 is 15.5 Å². The van der Waals surface area contributed by atoms with Gasteiger partial charge < -0.3 is 4.84 Å². The number of halogens is 5. The van der Waals surface area contributed by atoms with Crippen LogP contribution >= 0.6 is 23.2 Å². The zero-order valence-corrected chi connectivity index (χ0v) is 18.5. The molecule has 2 aromatic carbocycles. The van der Waals surface area contributed by atoms with Crippen molar-refractivity contribution in [1.82, 2.24) is 0 Å². The fourth-order valence-corrected chi connectivity index (χ4v) is 4.22. The van der Waals surface area contributed by atoms with Crippen LogP contribution in [-0.4, -0.2) is 19.6 Å². The van der Waals surface area contributed by atoms with Gasteiger partial charge in [0.2, 0.25) is 0 Å². The quantitative estimate of drug-likeness (QED) is 0.362. The third-order valence-corrected chi connectivity index (χ3v) is 6.45. The molecule has 31 heavy (non-hydrogen) atoms. The van der Waals surface area contributed by atoms with E-state index in [9.17, 15) is 21.6 Å². The minimum Gasteiger partial charge on any atom is -0.357 e. The van der Waals surface area contributed by atoms with Crippen molar-refractivity contribution in [2.45, 2.75) is 37.6 Å².